The molecule has 0 bridgehead atoms. The predicted molar refractivity (Wildman–Crippen MR) is 126 cm³/mol. The highest BCUT2D eigenvalue weighted by Crippen LogP contribution is 2.19. The number of nitrogens with zero attached hydrogens (tertiary/aromatic N) is 3. The van der Waals surface area contributed by atoms with Crippen LogP contribution in [0.4, 0.5) is 0 Å². The quantitative estimate of drug-likeness (QED) is 0.399. The minimum absolute atomic E-state index is 0.100. The van der Waals surface area contributed by atoms with Gasteiger partial charge in [0.25, 0.3) is 5.91 Å². The van der Waals surface area contributed by atoms with Crippen LogP contribution in [0.25, 0.3) is 11.0 Å². The zero-order chi connectivity index (χ0) is 22.3. The van der Waals surface area contributed by atoms with Crippen molar-refractivity contribution in [2.45, 2.75) is 33.2 Å². The number of carbonyl (C=O) groups excluding carboxylic acids is 1. The van der Waals surface area contributed by atoms with E-state index in [2.05, 4.69) is 53.0 Å². The third-order valence-corrected chi connectivity index (χ3v) is 5.30. The number of aryl methyl sites for hydroxylation is 3. The van der Waals surface area contributed by atoms with E-state index in [1.165, 1.54) is 11.1 Å². The van der Waals surface area contributed by atoms with Crippen LogP contribution >= 0.6 is 0 Å². The highest BCUT2D eigenvalue weighted by molar-refractivity contribution is 5.93. The molecule has 2 heterocycles. The van der Waals surface area contributed by atoms with Crippen molar-refractivity contribution >= 4 is 16.9 Å². The number of amides is 1. The maximum Gasteiger partial charge on any atom is 0.251 e. The molecule has 4 rings (SSSR count). The smallest absolute Gasteiger partial charge is 0.251 e. The van der Waals surface area contributed by atoms with Crippen LogP contribution < -0.4 is 10.1 Å². The van der Waals surface area contributed by atoms with Crippen molar-refractivity contribution in [3.05, 3.63) is 89.5 Å². The van der Waals surface area contributed by atoms with Gasteiger partial charge in [-0.3, -0.25) is 9.78 Å². The Morgan fingerprint density at radius 3 is 2.56 bits per heavy atom. The average Bonchev–Trinajstić information content (AvgIpc) is 3.14. The number of benzene rings is 2. The van der Waals surface area contributed by atoms with E-state index in [9.17, 15) is 4.79 Å². The van der Waals surface area contributed by atoms with Crippen LogP contribution in [0.2, 0.25) is 0 Å². The van der Waals surface area contributed by atoms with Crippen LogP contribution in [-0.4, -0.2) is 33.6 Å². The number of para-hydroxylation sites is 2. The summed E-state index contributed by atoms with van der Waals surface area (Å²) in [5.74, 6) is 1.78. The number of rotatable bonds is 9. The van der Waals surface area contributed by atoms with E-state index in [0.717, 1.165) is 35.6 Å². The number of pyridine rings is 1. The molecule has 6 heteroatoms. The molecule has 0 aliphatic rings. The largest absolute Gasteiger partial charge is 0.494 e. The Bertz CT molecular complexity index is 1180. The number of carbonyl (C=O) groups is 1. The Morgan fingerprint density at radius 1 is 1.03 bits per heavy atom. The van der Waals surface area contributed by atoms with Gasteiger partial charge < -0.3 is 14.6 Å². The van der Waals surface area contributed by atoms with Crippen molar-refractivity contribution in [3.63, 3.8) is 0 Å². The molecule has 0 unspecified atom stereocenters. The Hall–Kier alpha value is -3.67. The molecule has 0 saturated heterocycles. The van der Waals surface area contributed by atoms with Crippen LogP contribution in [0.15, 0.2) is 67.0 Å². The summed E-state index contributed by atoms with van der Waals surface area (Å²) in [6, 6.07) is 17.8. The molecule has 1 N–H and O–H groups in total. The van der Waals surface area contributed by atoms with Crippen LogP contribution in [0.1, 0.15) is 33.7 Å². The Morgan fingerprint density at radius 2 is 1.78 bits per heavy atom. The van der Waals surface area contributed by atoms with E-state index < -0.39 is 0 Å². The second kappa shape index (κ2) is 10.1. The van der Waals surface area contributed by atoms with Gasteiger partial charge >= 0.3 is 0 Å². The lowest BCUT2D eigenvalue weighted by Crippen LogP contribution is -2.26. The van der Waals surface area contributed by atoms with Crippen LogP contribution in [0.5, 0.6) is 5.75 Å². The molecule has 0 atom stereocenters. The van der Waals surface area contributed by atoms with E-state index in [1.54, 1.807) is 24.5 Å². The fourth-order valence-electron chi connectivity index (χ4n) is 3.89. The van der Waals surface area contributed by atoms with E-state index in [0.29, 0.717) is 25.1 Å². The standard InChI is InChI=1S/C26H28N4O2/c1-19-16-20(2)18-22(17-19)32-15-5-14-30-24-7-4-3-6-23(24)29-25(30)10-13-28-26(31)21-8-11-27-12-9-21/h3-4,6-9,11-12,16-18H,5,10,13-15H2,1-2H3,(H,28,31). The number of hydrogen-bond donors (Lipinski definition) is 1. The normalized spacial score (nSPS) is 10.9. The minimum atomic E-state index is -0.100. The van der Waals surface area contributed by atoms with Crippen molar-refractivity contribution in [2.24, 2.45) is 0 Å². The SMILES string of the molecule is Cc1cc(C)cc(OCCCn2c(CCNC(=O)c3ccncc3)nc3ccccc32)c1. The summed E-state index contributed by atoms with van der Waals surface area (Å²) >= 11 is 0. The molecule has 6 nitrogen and oxygen atoms in total. The summed E-state index contributed by atoms with van der Waals surface area (Å²) in [6.45, 7) is 6.12. The number of imidazole rings is 1. The first-order chi connectivity index (χ1) is 15.6. The third-order valence-electron chi connectivity index (χ3n) is 5.30. The second-order valence-electron chi connectivity index (χ2n) is 7.94. The second-order valence-corrected chi connectivity index (χ2v) is 7.94. The van der Waals surface area contributed by atoms with E-state index in [-0.39, 0.29) is 5.91 Å². The number of nitrogens with one attached hydrogen (secondary N) is 1. The molecule has 164 valence electrons. The van der Waals surface area contributed by atoms with Crippen LogP contribution in [0, 0.1) is 13.8 Å². The average molecular weight is 429 g/mol. The van der Waals surface area contributed by atoms with Crippen molar-refractivity contribution in [1.29, 1.82) is 0 Å². The van der Waals surface area contributed by atoms with Crippen molar-refractivity contribution in [1.82, 2.24) is 19.9 Å². The molecule has 1 amide bonds. The number of fused-ring (bicyclic) bond motifs is 1. The van der Waals surface area contributed by atoms with Crippen LogP contribution in [-0.2, 0) is 13.0 Å². The molecule has 0 spiro atoms. The molecule has 2 aromatic carbocycles. The number of ether oxygens (including phenoxy) is 1. The van der Waals surface area contributed by atoms with Crippen molar-refractivity contribution < 1.29 is 9.53 Å². The minimum Gasteiger partial charge on any atom is -0.494 e. The first-order valence-electron chi connectivity index (χ1n) is 10.9. The molecule has 4 aromatic rings. The number of hydrogen-bond acceptors (Lipinski definition) is 4. The Labute approximate surface area is 188 Å². The molecule has 0 radical (unpaired) electrons. The molecule has 0 saturated carbocycles. The van der Waals surface area contributed by atoms with Crippen molar-refractivity contribution in [3.8, 4) is 5.75 Å². The molecule has 32 heavy (non-hydrogen) atoms. The monoisotopic (exact) mass is 428 g/mol. The lowest BCUT2D eigenvalue weighted by Gasteiger charge is -2.12. The Balaban J connectivity index is 1.38. The van der Waals surface area contributed by atoms with Gasteiger partial charge in [0.05, 0.1) is 17.6 Å². The summed E-state index contributed by atoms with van der Waals surface area (Å²) in [6.07, 6.45) is 4.76. The summed E-state index contributed by atoms with van der Waals surface area (Å²) in [4.78, 5) is 21.1. The predicted octanol–water partition coefficient (Wildman–Crippen LogP) is 4.49. The topological polar surface area (TPSA) is 69.0 Å². The van der Waals surface area contributed by atoms with Gasteiger partial charge in [0.2, 0.25) is 0 Å². The van der Waals surface area contributed by atoms with Gasteiger partial charge in [-0.05, 0) is 67.8 Å². The van der Waals surface area contributed by atoms with Crippen LogP contribution in [0.3, 0.4) is 0 Å². The fourth-order valence-corrected chi connectivity index (χ4v) is 3.89. The zero-order valence-corrected chi connectivity index (χ0v) is 18.5. The van der Waals surface area contributed by atoms with Gasteiger partial charge in [-0.2, -0.15) is 0 Å². The molecule has 0 aliphatic carbocycles. The van der Waals surface area contributed by atoms with Gasteiger partial charge in [0.1, 0.15) is 11.6 Å². The van der Waals surface area contributed by atoms with Gasteiger partial charge in [0, 0.05) is 37.5 Å². The molecule has 0 fully saturated rings. The molecule has 0 aliphatic heterocycles. The van der Waals surface area contributed by atoms with E-state index in [1.807, 2.05) is 18.2 Å². The van der Waals surface area contributed by atoms with E-state index >= 15 is 0 Å². The first kappa shape index (κ1) is 21.6. The first-order valence-corrected chi connectivity index (χ1v) is 10.9. The number of aromatic nitrogens is 3. The zero-order valence-electron chi connectivity index (χ0n) is 18.5. The summed E-state index contributed by atoms with van der Waals surface area (Å²) in [7, 11) is 0. The lowest BCUT2D eigenvalue weighted by atomic mass is 10.1. The fraction of sp³-hybridized carbons (Fsp3) is 0.269. The van der Waals surface area contributed by atoms with Gasteiger partial charge in [-0.15, -0.1) is 0 Å². The highest BCUT2D eigenvalue weighted by Gasteiger charge is 2.11. The molecule has 2 aromatic heterocycles. The maximum absolute atomic E-state index is 12.3. The van der Waals surface area contributed by atoms with Gasteiger partial charge in [-0.25, -0.2) is 4.98 Å². The van der Waals surface area contributed by atoms with E-state index in [4.69, 9.17) is 9.72 Å². The van der Waals surface area contributed by atoms with Crippen molar-refractivity contribution in [2.75, 3.05) is 13.2 Å². The molecular formula is C26H28N4O2. The highest BCUT2D eigenvalue weighted by atomic mass is 16.5. The Kier molecular flexibility index (Phi) is 6.80. The summed E-state index contributed by atoms with van der Waals surface area (Å²) in [5.41, 5.74) is 5.10. The summed E-state index contributed by atoms with van der Waals surface area (Å²) < 4.78 is 8.22. The lowest BCUT2D eigenvalue weighted by molar-refractivity contribution is 0.0954. The summed E-state index contributed by atoms with van der Waals surface area (Å²) in [5, 5.41) is 2.97. The van der Waals surface area contributed by atoms with Gasteiger partial charge in [-0.1, -0.05) is 18.2 Å². The third kappa shape index (κ3) is 5.32. The molecular weight excluding hydrogens is 400 g/mol. The maximum atomic E-state index is 12.3. The van der Waals surface area contributed by atoms with Gasteiger partial charge in [0.15, 0.2) is 0 Å².